The van der Waals surface area contributed by atoms with E-state index in [2.05, 4.69) is 15.6 Å². The van der Waals surface area contributed by atoms with Crippen LogP contribution in [0.15, 0.2) is 41.4 Å². The number of amides is 1. The first-order chi connectivity index (χ1) is 15.0. The molecule has 9 heteroatoms. The Morgan fingerprint density at radius 3 is 2.44 bits per heavy atom. The lowest BCUT2D eigenvalue weighted by atomic mass is 10.1. The van der Waals surface area contributed by atoms with E-state index >= 15 is 0 Å². The highest BCUT2D eigenvalue weighted by molar-refractivity contribution is 14.0. The number of fused-ring (bicyclic) bond motifs is 1. The summed E-state index contributed by atoms with van der Waals surface area (Å²) in [7, 11) is 5.25. The van der Waals surface area contributed by atoms with E-state index in [1.54, 1.807) is 26.0 Å². The van der Waals surface area contributed by atoms with Crippen molar-refractivity contribution in [2.45, 2.75) is 12.8 Å². The lowest BCUT2D eigenvalue weighted by Crippen LogP contribution is -2.39. The molecule has 1 aliphatic heterocycles. The van der Waals surface area contributed by atoms with Gasteiger partial charge in [0.25, 0.3) is 5.91 Å². The highest BCUT2D eigenvalue weighted by Crippen LogP contribution is 2.38. The maximum Gasteiger partial charge on any atom is 0.253 e. The molecule has 0 fully saturated rings. The molecule has 1 heterocycles. The van der Waals surface area contributed by atoms with Gasteiger partial charge in [0.1, 0.15) is 13.2 Å². The van der Waals surface area contributed by atoms with Crippen molar-refractivity contribution >= 4 is 47.4 Å². The summed E-state index contributed by atoms with van der Waals surface area (Å²) < 4.78 is 11.2. The van der Waals surface area contributed by atoms with Gasteiger partial charge in [-0.25, -0.2) is 0 Å². The van der Waals surface area contributed by atoms with Gasteiger partial charge in [0.15, 0.2) is 17.5 Å². The smallest absolute Gasteiger partial charge is 0.253 e. The van der Waals surface area contributed by atoms with Crippen LogP contribution < -0.4 is 20.1 Å². The van der Waals surface area contributed by atoms with Crippen LogP contribution in [0.25, 0.3) is 0 Å². The van der Waals surface area contributed by atoms with E-state index in [9.17, 15) is 4.79 Å². The molecule has 1 amide bonds. The van der Waals surface area contributed by atoms with Gasteiger partial charge in [-0.2, -0.15) is 0 Å². The number of benzene rings is 2. The predicted molar refractivity (Wildman–Crippen MR) is 139 cm³/mol. The largest absolute Gasteiger partial charge is 0.486 e. The Bertz CT molecular complexity index is 953. The van der Waals surface area contributed by atoms with E-state index in [0.717, 1.165) is 29.9 Å². The van der Waals surface area contributed by atoms with Crippen LogP contribution in [0.4, 0.5) is 0 Å². The van der Waals surface area contributed by atoms with Crippen molar-refractivity contribution in [1.82, 2.24) is 15.5 Å². The summed E-state index contributed by atoms with van der Waals surface area (Å²) in [6.45, 7) is 2.46. The maximum absolute atomic E-state index is 12.1. The molecule has 32 heavy (non-hydrogen) atoms. The van der Waals surface area contributed by atoms with Crippen molar-refractivity contribution in [3.8, 4) is 11.5 Å². The van der Waals surface area contributed by atoms with E-state index in [0.29, 0.717) is 48.4 Å². The van der Waals surface area contributed by atoms with Crippen molar-refractivity contribution in [1.29, 1.82) is 0 Å². The fourth-order valence-corrected chi connectivity index (χ4v) is 3.59. The molecule has 0 saturated carbocycles. The first-order valence-electron chi connectivity index (χ1n) is 10.3. The maximum atomic E-state index is 12.1. The molecule has 0 aromatic heterocycles. The van der Waals surface area contributed by atoms with E-state index in [4.69, 9.17) is 21.1 Å². The zero-order chi connectivity index (χ0) is 22.2. The zero-order valence-electron chi connectivity index (χ0n) is 18.6. The van der Waals surface area contributed by atoms with Crippen LogP contribution in [0.2, 0.25) is 5.02 Å². The quantitative estimate of drug-likeness (QED) is 0.302. The fourth-order valence-electron chi connectivity index (χ4n) is 3.30. The minimum atomic E-state index is 0. The number of rotatable bonds is 7. The standard InChI is InChI=1S/C23H29ClN4O3.HI/c1-25-23(26-9-7-16-5-4-6-18(13-16)22(29)28(2)3)27-10-8-17-14-19(24)21-20(15-17)30-11-12-31-21;/h4-6,13-15H,7-12H2,1-3H3,(H2,25,26,27);1H. The third kappa shape index (κ3) is 7.16. The number of hydrogen-bond donors (Lipinski definition) is 2. The molecule has 1 aliphatic rings. The Balaban J connectivity index is 0.00000363. The first-order valence-corrected chi connectivity index (χ1v) is 10.7. The van der Waals surface area contributed by atoms with Gasteiger partial charge in [0, 0.05) is 39.8 Å². The van der Waals surface area contributed by atoms with Crippen molar-refractivity contribution < 1.29 is 14.3 Å². The lowest BCUT2D eigenvalue weighted by Gasteiger charge is -2.20. The predicted octanol–water partition coefficient (Wildman–Crippen LogP) is 3.38. The molecule has 0 unspecified atom stereocenters. The molecule has 0 bridgehead atoms. The summed E-state index contributed by atoms with van der Waals surface area (Å²) in [6.07, 6.45) is 1.55. The molecule has 2 N–H and O–H groups in total. The average Bonchev–Trinajstić information content (AvgIpc) is 2.77. The lowest BCUT2D eigenvalue weighted by molar-refractivity contribution is 0.0827. The van der Waals surface area contributed by atoms with Gasteiger partial charge in [-0.1, -0.05) is 23.7 Å². The van der Waals surface area contributed by atoms with Crippen molar-refractivity contribution in [2.24, 2.45) is 4.99 Å². The topological polar surface area (TPSA) is 75.2 Å². The van der Waals surface area contributed by atoms with Crippen molar-refractivity contribution in [3.63, 3.8) is 0 Å². The molecule has 7 nitrogen and oxygen atoms in total. The van der Waals surface area contributed by atoms with Crippen molar-refractivity contribution in [3.05, 3.63) is 58.1 Å². The highest BCUT2D eigenvalue weighted by Gasteiger charge is 2.16. The normalized spacial score (nSPS) is 12.6. The molecule has 0 atom stereocenters. The van der Waals surface area contributed by atoms with E-state index in [-0.39, 0.29) is 29.9 Å². The molecule has 0 saturated heterocycles. The third-order valence-electron chi connectivity index (χ3n) is 4.87. The zero-order valence-corrected chi connectivity index (χ0v) is 21.7. The van der Waals surface area contributed by atoms with Gasteiger partial charge in [0.05, 0.1) is 5.02 Å². The van der Waals surface area contributed by atoms with E-state index in [1.165, 1.54) is 0 Å². The molecule has 174 valence electrons. The number of nitrogens with one attached hydrogen (secondary N) is 2. The van der Waals surface area contributed by atoms with E-state index in [1.807, 2.05) is 36.4 Å². The number of aliphatic imine (C=N–C) groups is 1. The molecule has 0 radical (unpaired) electrons. The molecule has 2 aromatic carbocycles. The van der Waals surface area contributed by atoms with Gasteiger partial charge < -0.3 is 25.0 Å². The molecule has 0 aliphatic carbocycles. The number of carbonyl (C=O) groups is 1. The molecule has 0 spiro atoms. The van der Waals surface area contributed by atoms with E-state index < -0.39 is 0 Å². The average molecular weight is 573 g/mol. The summed E-state index contributed by atoms with van der Waals surface area (Å²) >= 11 is 6.31. The summed E-state index contributed by atoms with van der Waals surface area (Å²) in [6, 6.07) is 11.6. The Hall–Kier alpha value is -2.20. The monoisotopic (exact) mass is 572 g/mol. The van der Waals surface area contributed by atoms with Crippen LogP contribution >= 0.6 is 35.6 Å². The molecular formula is C23H30ClIN4O3. The van der Waals surface area contributed by atoms with Gasteiger partial charge in [0.2, 0.25) is 0 Å². The van der Waals surface area contributed by atoms with Gasteiger partial charge in [-0.05, 0) is 48.2 Å². The summed E-state index contributed by atoms with van der Waals surface area (Å²) in [5, 5.41) is 7.19. The Morgan fingerprint density at radius 2 is 1.75 bits per heavy atom. The number of halogens is 2. The van der Waals surface area contributed by atoms with Crippen LogP contribution in [0.1, 0.15) is 21.5 Å². The number of ether oxygens (including phenoxy) is 2. The minimum absolute atomic E-state index is 0. The summed E-state index contributed by atoms with van der Waals surface area (Å²) in [5.74, 6) is 2.06. The van der Waals surface area contributed by atoms with Crippen LogP contribution in [-0.2, 0) is 12.8 Å². The Labute approximate surface area is 211 Å². The van der Waals surface area contributed by atoms with Gasteiger partial charge in [-0.3, -0.25) is 9.79 Å². The second-order valence-corrected chi connectivity index (χ2v) is 7.83. The summed E-state index contributed by atoms with van der Waals surface area (Å²) in [4.78, 5) is 18.0. The SMILES string of the molecule is CN=C(NCCc1cccc(C(=O)N(C)C)c1)NCCc1cc(Cl)c2c(c1)OCCO2.I. The number of nitrogens with zero attached hydrogens (tertiary/aromatic N) is 2. The Kier molecular flexibility index (Phi) is 10.4. The fraction of sp³-hybridized carbons (Fsp3) is 0.391. The van der Waals surface area contributed by atoms with Crippen LogP contribution in [-0.4, -0.2) is 64.2 Å². The third-order valence-corrected chi connectivity index (χ3v) is 5.15. The van der Waals surface area contributed by atoms with Gasteiger partial charge in [-0.15, -0.1) is 24.0 Å². The minimum Gasteiger partial charge on any atom is -0.486 e. The Morgan fingerprint density at radius 1 is 1.06 bits per heavy atom. The number of hydrogen-bond acceptors (Lipinski definition) is 4. The van der Waals surface area contributed by atoms with Crippen molar-refractivity contribution in [2.75, 3.05) is 47.4 Å². The van der Waals surface area contributed by atoms with Crippen LogP contribution in [0.3, 0.4) is 0 Å². The van der Waals surface area contributed by atoms with Crippen LogP contribution in [0.5, 0.6) is 11.5 Å². The highest BCUT2D eigenvalue weighted by atomic mass is 127. The molecule has 3 rings (SSSR count). The second kappa shape index (κ2) is 12.7. The number of carbonyl (C=O) groups excluding carboxylic acids is 1. The molecular weight excluding hydrogens is 543 g/mol. The number of guanidine groups is 1. The van der Waals surface area contributed by atoms with Crippen LogP contribution in [0, 0.1) is 0 Å². The first kappa shape index (κ1) is 26.1. The van der Waals surface area contributed by atoms with Gasteiger partial charge >= 0.3 is 0 Å². The second-order valence-electron chi connectivity index (χ2n) is 7.43. The molecule has 2 aromatic rings. The summed E-state index contributed by atoms with van der Waals surface area (Å²) in [5.41, 5.74) is 2.87.